The molecule has 1 aromatic heterocycles. The molecule has 3 aromatic carbocycles. The standard InChI is InChI=1S/C20H16ClNO/c1-12-10-13(2)19(16(21)11-12)22-17-8-5-7-15-14-6-3-4-9-18(14)23-20(15)17/h3-11,22H,1-2H3. The van der Waals surface area contributed by atoms with Crippen LogP contribution in [0.4, 0.5) is 11.4 Å². The van der Waals surface area contributed by atoms with Crippen molar-refractivity contribution in [3.05, 3.63) is 70.7 Å². The predicted molar refractivity (Wildman–Crippen MR) is 97.9 cm³/mol. The molecule has 0 radical (unpaired) electrons. The van der Waals surface area contributed by atoms with Gasteiger partial charge in [0.25, 0.3) is 0 Å². The van der Waals surface area contributed by atoms with E-state index in [4.69, 9.17) is 16.0 Å². The summed E-state index contributed by atoms with van der Waals surface area (Å²) in [6, 6.07) is 18.3. The lowest BCUT2D eigenvalue weighted by molar-refractivity contribution is 0.670. The predicted octanol–water partition coefficient (Wildman–Crippen LogP) is 6.60. The van der Waals surface area contributed by atoms with Crippen molar-refractivity contribution < 1.29 is 4.42 Å². The van der Waals surface area contributed by atoms with Crippen molar-refractivity contribution >= 4 is 44.9 Å². The number of fused-ring (bicyclic) bond motifs is 3. The van der Waals surface area contributed by atoms with E-state index in [-0.39, 0.29) is 0 Å². The fourth-order valence-electron chi connectivity index (χ4n) is 3.05. The van der Waals surface area contributed by atoms with Crippen molar-refractivity contribution in [3.63, 3.8) is 0 Å². The van der Waals surface area contributed by atoms with Crippen molar-refractivity contribution in [1.29, 1.82) is 0 Å². The molecular weight excluding hydrogens is 306 g/mol. The Labute approximate surface area is 139 Å². The number of para-hydroxylation sites is 2. The fourth-order valence-corrected chi connectivity index (χ4v) is 3.42. The molecule has 0 saturated carbocycles. The third-order valence-electron chi connectivity index (χ3n) is 4.10. The van der Waals surface area contributed by atoms with Crippen molar-refractivity contribution in [2.75, 3.05) is 5.32 Å². The molecule has 1 heterocycles. The largest absolute Gasteiger partial charge is 0.454 e. The lowest BCUT2D eigenvalue weighted by Crippen LogP contribution is -1.95. The first-order valence-corrected chi connectivity index (χ1v) is 7.95. The maximum Gasteiger partial charge on any atom is 0.158 e. The summed E-state index contributed by atoms with van der Waals surface area (Å²) in [6.45, 7) is 4.10. The number of benzene rings is 3. The second-order valence-electron chi connectivity index (χ2n) is 5.84. The maximum atomic E-state index is 6.42. The van der Waals surface area contributed by atoms with Gasteiger partial charge < -0.3 is 9.73 Å². The number of halogens is 1. The smallest absolute Gasteiger partial charge is 0.158 e. The minimum atomic E-state index is 0.718. The van der Waals surface area contributed by atoms with Gasteiger partial charge in [0, 0.05) is 10.8 Å². The maximum absolute atomic E-state index is 6.42. The number of anilines is 2. The van der Waals surface area contributed by atoms with Gasteiger partial charge in [-0.1, -0.05) is 48.0 Å². The van der Waals surface area contributed by atoms with Gasteiger partial charge in [-0.05, 0) is 43.2 Å². The summed E-state index contributed by atoms with van der Waals surface area (Å²) in [6.07, 6.45) is 0. The highest BCUT2D eigenvalue weighted by atomic mass is 35.5. The minimum absolute atomic E-state index is 0.718. The Morgan fingerprint density at radius 3 is 2.52 bits per heavy atom. The Kier molecular flexibility index (Phi) is 3.28. The Balaban J connectivity index is 1.90. The number of furan rings is 1. The van der Waals surface area contributed by atoms with Crippen LogP contribution in [0, 0.1) is 13.8 Å². The normalized spacial score (nSPS) is 11.3. The monoisotopic (exact) mass is 321 g/mol. The van der Waals surface area contributed by atoms with E-state index in [1.807, 2.05) is 43.3 Å². The first-order valence-electron chi connectivity index (χ1n) is 7.57. The number of aryl methyl sites for hydroxylation is 2. The Hall–Kier alpha value is -2.45. The van der Waals surface area contributed by atoms with E-state index in [0.29, 0.717) is 0 Å². The summed E-state index contributed by atoms with van der Waals surface area (Å²) < 4.78 is 6.05. The lowest BCUT2D eigenvalue weighted by Gasteiger charge is -2.13. The SMILES string of the molecule is Cc1cc(C)c(Nc2cccc3c2oc2ccccc23)c(Cl)c1. The molecule has 0 bridgehead atoms. The van der Waals surface area contributed by atoms with E-state index in [1.54, 1.807) is 0 Å². The van der Waals surface area contributed by atoms with Gasteiger partial charge in [0.15, 0.2) is 5.58 Å². The van der Waals surface area contributed by atoms with Gasteiger partial charge in [-0.2, -0.15) is 0 Å². The zero-order chi connectivity index (χ0) is 16.0. The van der Waals surface area contributed by atoms with E-state index in [9.17, 15) is 0 Å². The first-order chi connectivity index (χ1) is 11.1. The van der Waals surface area contributed by atoms with E-state index >= 15 is 0 Å². The van der Waals surface area contributed by atoms with Gasteiger partial charge in [-0.3, -0.25) is 0 Å². The average molecular weight is 322 g/mol. The quantitative estimate of drug-likeness (QED) is 0.450. The molecular formula is C20H16ClNO. The third kappa shape index (κ3) is 2.36. The Morgan fingerprint density at radius 1 is 0.913 bits per heavy atom. The zero-order valence-corrected chi connectivity index (χ0v) is 13.7. The van der Waals surface area contributed by atoms with Crippen LogP contribution in [-0.4, -0.2) is 0 Å². The van der Waals surface area contributed by atoms with E-state index < -0.39 is 0 Å². The van der Waals surface area contributed by atoms with Crippen LogP contribution in [-0.2, 0) is 0 Å². The summed E-state index contributed by atoms with van der Waals surface area (Å²) in [5, 5.41) is 6.39. The second-order valence-corrected chi connectivity index (χ2v) is 6.25. The van der Waals surface area contributed by atoms with E-state index in [2.05, 4.69) is 30.4 Å². The molecule has 0 atom stereocenters. The summed E-state index contributed by atoms with van der Waals surface area (Å²) in [5.41, 5.74) is 5.86. The molecule has 0 aliphatic rings. The molecule has 0 amide bonds. The second kappa shape index (κ2) is 5.32. The first kappa shape index (κ1) is 14.2. The van der Waals surface area contributed by atoms with Crippen molar-refractivity contribution in [1.82, 2.24) is 0 Å². The van der Waals surface area contributed by atoms with Crippen molar-refractivity contribution in [2.45, 2.75) is 13.8 Å². The van der Waals surface area contributed by atoms with Crippen LogP contribution in [0.25, 0.3) is 21.9 Å². The molecule has 0 saturated heterocycles. The van der Waals surface area contributed by atoms with Gasteiger partial charge in [0.1, 0.15) is 5.58 Å². The van der Waals surface area contributed by atoms with Gasteiger partial charge in [0.2, 0.25) is 0 Å². The average Bonchev–Trinajstić information content (AvgIpc) is 2.90. The highest BCUT2D eigenvalue weighted by molar-refractivity contribution is 6.33. The summed E-state index contributed by atoms with van der Waals surface area (Å²) in [7, 11) is 0. The summed E-state index contributed by atoms with van der Waals surface area (Å²) in [4.78, 5) is 0. The van der Waals surface area contributed by atoms with E-state index in [0.717, 1.165) is 49.5 Å². The molecule has 2 nitrogen and oxygen atoms in total. The third-order valence-corrected chi connectivity index (χ3v) is 4.39. The highest BCUT2D eigenvalue weighted by Gasteiger charge is 2.12. The molecule has 23 heavy (non-hydrogen) atoms. The van der Waals surface area contributed by atoms with Gasteiger partial charge in [-0.25, -0.2) is 0 Å². The highest BCUT2D eigenvalue weighted by Crippen LogP contribution is 2.37. The molecule has 114 valence electrons. The van der Waals surface area contributed by atoms with Crippen LogP contribution in [0.3, 0.4) is 0 Å². The number of hydrogen-bond acceptors (Lipinski definition) is 2. The molecule has 0 unspecified atom stereocenters. The summed E-state index contributed by atoms with van der Waals surface area (Å²) in [5.74, 6) is 0. The van der Waals surface area contributed by atoms with Crippen LogP contribution in [0.5, 0.6) is 0 Å². The van der Waals surface area contributed by atoms with Crippen LogP contribution >= 0.6 is 11.6 Å². The van der Waals surface area contributed by atoms with Gasteiger partial charge >= 0.3 is 0 Å². The Bertz CT molecular complexity index is 1010. The number of rotatable bonds is 2. The van der Waals surface area contributed by atoms with Crippen molar-refractivity contribution in [3.8, 4) is 0 Å². The van der Waals surface area contributed by atoms with Crippen LogP contribution in [0.15, 0.2) is 59.0 Å². The molecule has 0 spiro atoms. The molecule has 4 aromatic rings. The van der Waals surface area contributed by atoms with Crippen LogP contribution < -0.4 is 5.32 Å². The van der Waals surface area contributed by atoms with Gasteiger partial charge in [-0.15, -0.1) is 0 Å². The van der Waals surface area contributed by atoms with Gasteiger partial charge in [0.05, 0.1) is 16.4 Å². The molecule has 3 heteroatoms. The zero-order valence-electron chi connectivity index (χ0n) is 13.0. The number of nitrogens with one attached hydrogen (secondary N) is 1. The molecule has 0 aliphatic heterocycles. The topological polar surface area (TPSA) is 25.2 Å². The minimum Gasteiger partial charge on any atom is -0.454 e. The molecule has 4 rings (SSSR count). The van der Waals surface area contributed by atoms with Crippen LogP contribution in [0.2, 0.25) is 5.02 Å². The lowest BCUT2D eigenvalue weighted by atomic mass is 10.1. The van der Waals surface area contributed by atoms with Crippen LogP contribution in [0.1, 0.15) is 11.1 Å². The van der Waals surface area contributed by atoms with Crippen molar-refractivity contribution in [2.24, 2.45) is 0 Å². The molecule has 0 fully saturated rings. The molecule has 0 aliphatic carbocycles. The van der Waals surface area contributed by atoms with E-state index in [1.165, 1.54) is 0 Å². The fraction of sp³-hybridized carbons (Fsp3) is 0.100. The molecule has 1 N–H and O–H groups in total. The summed E-state index contributed by atoms with van der Waals surface area (Å²) >= 11 is 6.42. The Morgan fingerprint density at radius 2 is 1.70 bits per heavy atom. The number of hydrogen-bond donors (Lipinski definition) is 1.